The summed E-state index contributed by atoms with van der Waals surface area (Å²) < 4.78 is 32.8. The van der Waals surface area contributed by atoms with E-state index in [1.165, 1.54) is 116 Å². The fraction of sp³-hybridized carbons (Fsp3) is 0.776. The zero-order valence-corrected chi connectivity index (χ0v) is 39.4. The van der Waals surface area contributed by atoms with Crippen LogP contribution in [-0.4, -0.2) is 59.9 Å². The number of rotatable bonds is 45. The standard InChI is InChI=1S/C49H88NO10P/c1-3-5-7-9-11-13-15-17-19-20-21-22-23-24-25-27-29-31-33-35-37-39-41-48(52)60-45(43-58-61(55,56)59-44-46(50)49(53)54)42-57-47(51)40-38-36-34-32-30-28-26-18-16-14-12-10-8-6-4-2/h6,8,10,12,14,16,18,26,45-46H,3-5,7,9,11,13,15,17,19-25,27-44,50H2,1-2H3,(H,53,54)(H,55,56)/b8-6+,12-10+,16-14+,26-18+/t45-,46-/m0/s1. The first-order valence-electron chi connectivity index (χ1n) is 24.2. The summed E-state index contributed by atoms with van der Waals surface area (Å²) in [7, 11) is -4.72. The smallest absolute Gasteiger partial charge is 0.472 e. The Morgan fingerprint density at radius 2 is 0.918 bits per heavy atom. The van der Waals surface area contributed by atoms with Crippen molar-refractivity contribution in [3.8, 4) is 0 Å². The number of allylic oxidation sites excluding steroid dienone is 8. The van der Waals surface area contributed by atoms with Gasteiger partial charge in [-0.05, 0) is 32.1 Å². The van der Waals surface area contributed by atoms with Crippen molar-refractivity contribution in [2.45, 2.75) is 225 Å². The third kappa shape index (κ3) is 43.9. The lowest BCUT2D eigenvalue weighted by Crippen LogP contribution is -2.34. The quantitative estimate of drug-likeness (QED) is 0.0230. The fourth-order valence-electron chi connectivity index (χ4n) is 6.67. The van der Waals surface area contributed by atoms with E-state index >= 15 is 0 Å². The largest absolute Gasteiger partial charge is 0.480 e. The lowest BCUT2D eigenvalue weighted by molar-refractivity contribution is -0.161. The summed E-state index contributed by atoms with van der Waals surface area (Å²) in [4.78, 5) is 46.1. The van der Waals surface area contributed by atoms with E-state index in [-0.39, 0.29) is 19.4 Å². The lowest BCUT2D eigenvalue weighted by Gasteiger charge is -2.20. The van der Waals surface area contributed by atoms with Crippen molar-refractivity contribution >= 4 is 25.7 Å². The number of nitrogens with two attached hydrogens (primary N) is 1. The highest BCUT2D eigenvalue weighted by atomic mass is 31.2. The lowest BCUT2D eigenvalue weighted by atomic mass is 10.0. The highest BCUT2D eigenvalue weighted by Gasteiger charge is 2.28. The minimum absolute atomic E-state index is 0.158. The molecule has 0 heterocycles. The van der Waals surface area contributed by atoms with Crippen LogP contribution in [-0.2, 0) is 37.5 Å². The Morgan fingerprint density at radius 3 is 1.38 bits per heavy atom. The summed E-state index contributed by atoms with van der Waals surface area (Å²) in [6.45, 7) is 2.67. The molecule has 0 aliphatic carbocycles. The van der Waals surface area contributed by atoms with E-state index in [0.29, 0.717) is 12.8 Å². The molecule has 0 rings (SSSR count). The molecule has 12 heteroatoms. The maximum atomic E-state index is 12.7. The van der Waals surface area contributed by atoms with Crippen LogP contribution < -0.4 is 5.73 Å². The normalized spacial score (nSPS) is 14.0. The molecule has 0 amide bonds. The van der Waals surface area contributed by atoms with Gasteiger partial charge in [0.1, 0.15) is 12.6 Å². The van der Waals surface area contributed by atoms with Gasteiger partial charge in [0.15, 0.2) is 6.10 Å². The molecule has 0 aliphatic heterocycles. The molecule has 1 unspecified atom stereocenters. The van der Waals surface area contributed by atoms with Crippen LogP contribution in [0.25, 0.3) is 0 Å². The Balaban J connectivity index is 4.26. The van der Waals surface area contributed by atoms with Crippen molar-refractivity contribution in [3.05, 3.63) is 48.6 Å². The molecule has 4 N–H and O–H groups in total. The molecule has 0 aromatic carbocycles. The zero-order valence-electron chi connectivity index (χ0n) is 38.5. The Kier molecular flexibility index (Phi) is 42.2. The first-order chi connectivity index (χ1) is 29.6. The number of phosphoric acid groups is 1. The molecule has 0 bridgehead atoms. The Bertz CT molecular complexity index is 1220. The molecule has 0 aromatic heterocycles. The van der Waals surface area contributed by atoms with E-state index in [1.54, 1.807) is 0 Å². The summed E-state index contributed by atoms with van der Waals surface area (Å²) >= 11 is 0. The van der Waals surface area contributed by atoms with E-state index in [0.717, 1.165) is 57.8 Å². The van der Waals surface area contributed by atoms with Gasteiger partial charge >= 0.3 is 25.7 Å². The minimum Gasteiger partial charge on any atom is -0.480 e. The van der Waals surface area contributed by atoms with E-state index < -0.39 is 51.1 Å². The Hall–Kier alpha value is -2.56. The van der Waals surface area contributed by atoms with Gasteiger partial charge in [0.05, 0.1) is 13.2 Å². The number of hydrogen-bond donors (Lipinski definition) is 3. The van der Waals surface area contributed by atoms with Gasteiger partial charge in [0.25, 0.3) is 0 Å². The minimum atomic E-state index is -4.72. The highest BCUT2D eigenvalue weighted by Crippen LogP contribution is 2.43. The number of carbonyl (C=O) groups is 3. The monoisotopic (exact) mass is 882 g/mol. The number of aliphatic carboxylic acids is 1. The molecule has 0 fully saturated rings. The number of unbranched alkanes of at least 4 members (excludes halogenated alkanes) is 26. The van der Waals surface area contributed by atoms with Crippen LogP contribution >= 0.6 is 7.82 Å². The predicted molar refractivity (Wildman–Crippen MR) is 249 cm³/mol. The molecule has 11 nitrogen and oxygen atoms in total. The number of hydrogen-bond acceptors (Lipinski definition) is 9. The van der Waals surface area contributed by atoms with Gasteiger partial charge in [0, 0.05) is 12.8 Å². The first-order valence-corrected chi connectivity index (χ1v) is 25.7. The molecule has 0 aliphatic rings. The van der Waals surface area contributed by atoms with E-state index in [9.17, 15) is 23.8 Å². The summed E-state index contributed by atoms with van der Waals surface area (Å²) in [6.07, 6.45) is 50.4. The molecular weight excluding hydrogens is 794 g/mol. The van der Waals surface area contributed by atoms with Crippen molar-refractivity contribution in [2.24, 2.45) is 5.73 Å². The molecule has 0 saturated heterocycles. The second-order valence-electron chi connectivity index (χ2n) is 16.3. The Morgan fingerprint density at radius 1 is 0.525 bits per heavy atom. The zero-order chi connectivity index (χ0) is 44.9. The number of esters is 2. The van der Waals surface area contributed by atoms with E-state index in [1.807, 2.05) is 36.5 Å². The van der Waals surface area contributed by atoms with Gasteiger partial charge in [0.2, 0.25) is 0 Å². The van der Waals surface area contributed by atoms with Crippen LogP contribution in [0, 0.1) is 0 Å². The van der Waals surface area contributed by atoms with Crippen LogP contribution in [0.3, 0.4) is 0 Å². The molecule has 0 saturated carbocycles. The maximum Gasteiger partial charge on any atom is 0.472 e. The molecule has 0 aromatic rings. The van der Waals surface area contributed by atoms with Crippen molar-refractivity contribution in [1.82, 2.24) is 0 Å². The second-order valence-corrected chi connectivity index (χ2v) is 17.8. The van der Waals surface area contributed by atoms with Crippen LogP contribution in [0.15, 0.2) is 48.6 Å². The molecule has 3 atom stereocenters. The number of carboxylic acid groups (broad SMARTS) is 1. The predicted octanol–water partition coefficient (Wildman–Crippen LogP) is 13.3. The van der Waals surface area contributed by atoms with E-state index in [4.69, 9.17) is 24.8 Å². The first kappa shape index (κ1) is 58.4. The van der Waals surface area contributed by atoms with Crippen LogP contribution in [0.4, 0.5) is 0 Å². The third-order valence-electron chi connectivity index (χ3n) is 10.4. The topological polar surface area (TPSA) is 172 Å². The van der Waals surface area contributed by atoms with Gasteiger partial charge in [-0.3, -0.25) is 23.4 Å². The van der Waals surface area contributed by atoms with Crippen LogP contribution in [0.2, 0.25) is 0 Å². The van der Waals surface area contributed by atoms with Gasteiger partial charge < -0.3 is 25.2 Å². The molecule has 354 valence electrons. The van der Waals surface area contributed by atoms with Crippen molar-refractivity contribution in [1.29, 1.82) is 0 Å². The average molecular weight is 882 g/mol. The fourth-order valence-corrected chi connectivity index (χ4v) is 7.44. The number of ether oxygens (including phenoxy) is 2. The van der Waals surface area contributed by atoms with Gasteiger partial charge in [-0.15, -0.1) is 0 Å². The van der Waals surface area contributed by atoms with Gasteiger partial charge in [-0.25, -0.2) is 4.57 Å². The molecular formula is C49H88NO10P. The third-order valence-corrected chi connectivity index (χ3v) is 11.4. The molecule has 0 spiro atoms. The SMILES string of the molecule is CC/C=C/C=C/C=C/C=C/CCCCCCCC(=O)OC[C@@H](COP(=O)(O)OC[C@H](N)C(=O)O)OC(=O)CCCCCCCCCCCCCCCCCCCCCCCC. The second kappa shape index (κ2) is 44.1. The average Bonchev–Trinajstić information content (AvgIpc) is 3.24. The van der Waals surface area contributed by atoms with Crippen molar-refractivity contribution < 1.29 is 47.5 Å². The number of phosphoric ester groups is 1. The van der Waals surface area contributed by atoms with Crippen LogP contribution in [0.1, 0.15) is 213 Å². The van der Waals surface area contributed by atoms with Crippen molar-refractivity contribution in [2.75, 3.05) is 19.8 Å². The Labute approximate surface area is 371 Å². The summed E-state index contributed by atoms with van der Waals surface area (Å²) in [5.41, 5.74) is 5.34. The highest BCUT2D eigenvalue weighted by molar-refractivity contribution is 7.47. The van der Waals surface area contributed by atoms with Crippen LogP contribution in [0.5, 0.6) is 0 Å². The molecule has 61 heavy (non-hydrogen) atoms. The maximum absolute atomic E-state index is 12.7. The molecule has 0 radical (unpaired) electrons. The number of carbonyl (C=O) groups excluding carboxylic acids is 2. The van der Waals surface area contributed by atoms with Gasteiger partial charge in [-0.1, -0.05) is 217 Å². The summed E-state index contributed by atoms with van der Waals surface area (Å²) in [5.74, 6) is -2.40. The van der Waals surface area contributed by atoms with E-state index in [2.05, 4.69) is 30.5 Å². The van der Waals surface area contributed by atoms with Gasteiger partial charge in [-0.2, -0.15) is 0 Å². The number of carboxylic acids is 1. The summed E-state index contributed by atoms with van der Waals surface area (Å²) in [6, 6.07) is -1.53. The van der Waals surface area contributed by atoms with Crippen molar-refractivity contribution in [3.63, 3.8) is 0 Å². The summed E-state index contributed by atoms with van der Waals surface area (Å²) in [5, 5.41) is 8.91.